The second-order valence-electron chi connectivity index (χ2n) is 21.4. The molecule has 1 heterocycles. The first-order chi connectivity index (χ1) is 40.0. The average Bonchev–Trinajstić information content (AvgIpc) is 4.03. The predicted octanol–water partition coefficient (Wildman–Crippen LogP) is -4.12. The van der Waals surface area contributed by atoms with Crippen molar-refractivity contribution >= 4 is 83.6 Å². The van der Waals surface area contributed by atoms with E-state index in [0.29, 0.717) is 37.1 Å². The summed E-state index contributed by atoms with van der Waals surface area (Å²) in [6.45, 7) is 10.2. The highest BCUT2D eigenvalue weighted by molar-refractivity contribution is 7.80. The van der Waals surface area contributed by atoms with Gasteiger partial charge in [-0.1, -0.05) is 58.0 Å². The van der Waals surface area contributed by atoms with Crippen LogP contribution in [0.1, 0.15) is 105 Å². The maximum Gasteiger partial charge on any atom is 0.326 e. The van der Waals surface area contributed by atoms with Crippen LogP contribution in [0, 0.1) is 11.8 Å². The highest BCUT2D eigenvalue weighted by Crippen LogP contribution is 2.12. The number of aromatic nitrogens is 2. The molecule has 0 aliphatic carbocycles. The fourth-order valence-corrected chi connectivity index (χ4v) is 8.50. The Morgan fingerprint density at radius 2 is 1.04 bits per heavy atom. The molecular weight excluding hydrogens is 1130 g/mol. The van der Waals surface area contributed by atoms with Gasteiger partial charge in [-0.25, -0.2) is 9.78 Å². The van der Waals surface area contributed by atoms with Crippen molar-refractivity contribution < 1.29 is 78.0 Å². The first-order valence-electron chi connectivity index (χ1n) is 27.9. The van der Waals surface area contributed by atoms with Crippen LogP contribution >= 0.6 is 12.6 Å². The van der Waals surface area contributed by atoms with Gasteiger partial charge in [0.1, 0.15) is 60.4 Å². The van der Waals surface area contributed by atoms with E-state index < -0.39 is 169 Å². The smallest absolute Gasteiger partial charge is 0.326 e. The van der Waals surface area contributed by atoms with Crippen LogP contribution in [0.5, 0.6) is 0 Å². The summed E-state index contributed by atoms with van der Waals surface area (Å²) in [5, 5.41) is 64.3. The molecule has 0 radical (unpaired) electrons. The topological polar surface area (TPSA) is 487 Å². The molecule has 2 aromatic rings. The average molecular weight is 1220 g/mol. The van der Waals surface area contributed by atoms with Gasteiger partial charge in [0.2, 0.25) is 59.1 Å². The molecular formula is C54H86N14O16S. The third-order valence-electron chi connectivity index (χ3n) is 13.0. The third kappa shape index (κ3) is 26.8. The lowest BCUT2D eigenvalue weighted by Gasteiger charge is -2.28. The number of nitrogens with zero attached hydrogens (tertiary/aromatic N) is 1. The van der Waals surface area contributed by atoms with Gasteiger partial charge >= 0.3 is 11.9 Å². The summed E-state index contributed by atoms with van der Waals surface area (Å²) < 4.78 is 0. The summed E-state index contributed by atoms with van der Waals surface area (Å²) in [4.78, 5) is 166. The summed E-state index contributed by atoms with van der Waals surface area (Å²) in [5.74, 6) is -12.6. The van der Waals surface area contributed by atoms with Crippen molar-refractivity contribution in [3.8, 4) is 0 Å². The van der Waals surface area contributed by atoms with Crippen LogP contribution in [0.2, 0.25) is 0 Å². The number of H-pyrrole nitrogens is 1. The molecule has 0 aliphatic rings. The Balaban J connectivity index is 2.32. The monoisotopic (exact) mass is 1220 g/mol. The number of thiol groups is 1. The van der Waals surface area contributed by atoms with Crippen LogP contribution in [0.3, 0.4) is 0 Å². The van der Waals surface area contributed by atoms with Crippen LogP contribution in [0.25, 0.3) is 0 Å². The minimum absolute atomic E-state index is 0.0603. The quantitative estimate of drug-likeness (QED) is 0.0223. The minimum atomic E-state index is -1.83. The third-order valence-corrected chi connectivity index (χ3v) is 13.3. The van der Waals surface area contributed by atoms with Crippen LogP contribution < -0.4 is 64.6 Å². The largest absolute Gasteiger partial charge is 0.481 e. The normalized spacial score (nSPS) is 15.5. The van der Waals surface area contributed by atoms with Crippen molar-refractivity contribution in [2.45, 2.75) is 179 Å². The van der Waals surface area contributed by atoms with Crippen molar-refractivity contribution in [1.29, 1.82) is 0 Å². The molecule has 30 nitrogen and oxygen atoms in total. The summed E-state index contributed by atoms with van der Waals surface area (Å²) >= 11 is 4.18. The number of aliphatic hydroxyl groups excluding tert-OH is 2. The van der Waals surface area contributed by atoms with E-state index in [1.165, 1.54) is 26.4 Å². The number of aliphatic hydroxyl groups is 2. The number of unbranched alkanes of at least 4 members (excludes halogenated alkanes) is 1. The van der Waals surface area contributed by atoms with Crippen molar-refractivity contribution in [3.63, 3.8) is 0 Å². The highest BCUT2D eigenvalue weighted by Gasteiger charge is 2.37. The minimum Gasteiger partial charge on any atom is -0.481 e. The maximum absolute atomic E-state index is 14.3. The molecule has 0 unspecified atom stereocenters. The van der Waals surface area contributed by atoms with Gasteiger partial charge in [-0.2, -0.15) is 12.6 Å². The Hall–Kier alpha value is -7.74. The fourth-order valence-electron chi connectivity index (χ4n) is 8.25. The predicted molar refractivity (Wildman–Crippen MR) is 310 cm³/mol. The van der Waals surface area contributed by atoms with E-state index in [9.17, 15) is 78.0 Å². The van der Waals surface area contributed by atoms with E-state index in [1.807, 2.05) is 13.8 Å². The number of carboxylic acids is 2. The Morgan fingerprint density at radius 1 is 0.553 bits per heavy atom. The van der Waals surface area contributed by atoms with Gasteiger partial charge in [0.25, 0.3) is 0 Å². The van der Waals surface area contributed by atoms with Crippen LogP contribution in [-0.2, 0) is 70.4 Å². The zero-order chi connectivity index (χ0) is 64.1. The Kier molecular flexibility index (Phi) is 32.4. The van der Waals surface area contributed by atoms with Gasteiger partial charge in [0.05, 0.1) is 25.1 Å². The van der Waals surface area contributed by atoms with Crippen LogP contribution in [-0.4, -0.2) is 193 Å². The summed E-state index contributed by atoms with van der Waals surface area (Å²) in [5.41, 5.74) is 12.3. The van der Waals surface area contributed by atoms with E-state index in [4.69, 9.17) is 11.5 Å². The number of benzene rings is 1. The van der Waals surface area contributed by atoms with Crippen LogP contribution in [0.4, 0.5) is 0 Å². The molecule has 2 rings (SSSR count). The fraction of sp³-hybridized carbons (Fsp3) is 0.611. The van der Waals surface area contributed by atoms with Crippen molar-refractivity contribution in [1.82, 2.24) is 63.1 Å². The van der Waals surface area contributed by atoms with E-state index in [-0.39, 0.29) is 37.5 Å². The summed E-state index contributed by atoms with van der Waals surface area (Å²) in [7, 11) is 0. The lowest BCUT2D eigenvalue weighted by Crippen LogP contribution is -2.62. The van der Waals surface area contributed by atoms with Gasteiger partial charge in [-0.3, -0.25) is 52.7 Å². The molecule has 0 saturated carbocycles. The number of rotatable bonds is 39. The number of aliphatic carboxylic acids is 2. The Labute approximate surface area is 498 Å². The second-order valence-corrected chi connectivity index (χ2v) is 21.7. The highest BCUT2D eigenvalue weighted by atomic mass is 32.1. The van der Waals surface area contributed by atoms with Crippen molar-refractivity contribution in [3.05, 3.63) is 54.1 Å². The SMILES string of the molecule is CC(C)C[C@H](NC(=O)[C@@H](N)CC(C)C)C(=O)N[C@@H](CCC(=O)O)C(=O)N[C@@H](C)C(=O)N[C@@H](CS)C(=O)N[C@H](C(=O)N[C@@H](Cc1ccccc1)C(=O)N[C@@H](Cc1cnc[nH]1)C(=O)N[C@@H](CO)C(=O)N[C@@H](C)C(=O)N[C@@H](CCCCN)C(=O)O)[C@@H](C)O. The van der Waals surface area contributed by atoms with E-state index in [2.05, 4.69) is 75.8 Å². The number of aromatic amines is 1. The van der Waals surface area contributed by atoms with E-state index in [1.54, 1.807) is 44.2 Å². The molecule has 0 saturated heterocycles. The van der Waals surface area contributed by atoms with Gasteiger partial charge < -0.3 is 90.0 Å². The summed E-state index contributed by atoms with van der Waals surface area (Å²) in [6, 6.07) is -7.73. The maximum atomic E-state index is 14.3. The zero-order valence-electron chi connectivity index (χ0n) is 48.8. The number of nitrogens with one attached hydrogen (secondary N) is 11. The van der Waals surface area contributed by atoms with Gasteiger partial charge in [-0.15, -0.1) is 0 Å². The first-order valence-corrected chi connectivity index (χ1v) is 28.5. The molecule has 10 amide bonds. The Morgan fingerprint density at radius 3 is 1.54 bits per heavy atom. The molecule has 0 spiro atoms. The number of hydrogen-bond donors (Lipinski definition) is 18. The number of carbonyl (C=O) groups excluding carboxylic acids is 10. The second kappa shape index (κ2) is 37.5. The molecule has 1 aromatic carbocycles. The molecule has 31 heteroatoms. The zero-order valence-corrected chi connectivity index (χ0v) is 49.7. The number of nitrogens with two attached hydrogens (primary N) is 2. The molecule has 1 aromatic heterocycles. The first kappa shape index (κ1) is 73.4. The van der Waals surface area contributed by atoms with Crippen LogP contribution in [0.15, 0.2) is 42.9 Å². The number of carboxylic acid groups (broad SMARTS) is 2. The van der Waals surface area contributed by atoms with E-state index >= 15 is 0 Å². The molecule has 19 N–H and O–H groups in total. The number of imidazole rings is 1. The summed E-state index contributed by atoms with van der Waals surface area (Å²) in [6.07, 6.45) is 0.806. The van der Waals surface area contributed by atoms with Crippen molar-refractivity contribution in [2.24, 2.45) is 23.3 Å². The standard InChI is InChI=1S/C54H86N14O16S/c1-27(2)19-34(56)46(75)63-37(20-28(3)4)48(77)61-35(16-17-42(71)72)47(76)59-30(6)45(74)67-41(25-85)52(81)68-43(31(7)70)53(82)65-38(21-32-13-9-8-10-14-32)49(78)64-39(22-33-23-57-26-58-33)50(79)66-40(24-69)51(80)60-29(5)44(73)62-36(54(83)84)15-11-12-18-55/h8-10,13-14,23,26-31,34-41,43,69-70,85H,11-12,15-22,24-25,55-56H2,1-7H3,(H,57,58)(H,59,76)(H,60,80)(H,61,77)(H,62,73)(H,63,75)(H,64,78)(H,65,82)(H,66,79)(H,67,74)(H,68,81)(H,71,72)(H,83,84)/t29-,30-,31+,34-,35-,36-,37-,38-,39-,40-,41-,43-/m0/s1. The van der Waals surface area contributed by atoms with Crippen molar-refractivity contribution in [2.75, 3.05) is 18.9 Å². The lowest BCUT2D eigenvalue weighted by atomic mass is 10.00. The van der Waals surface area contributed by atoms with Gasteiger partial charge in [-0.05, 0) is 83.2 Å². The molecule has 474 valence electrons. The number of hydrogen-bond acceptors (Lipinski definition) is 18. The van der Waals surface area contributed by atoms with E-state index in [0.717, 1.165) is 6.92 Å². The molecule has 85 heavy (non-hydrogen) atoms. The number of amides is 10. The lowest BCUT2D eigenvalue weighted by molar-refractivity contribution is -0.142. The van der Waals surface area contributed by atoms with Gasteiger partial charge in [0, 0.05) is 36.9 Å². The van der Waals surface area contributed by atoms with Gasteiger partial charge in [0.15, 0.2) is 0 Å². The molecule has 0 fully saturated rings. The molecule has 12 atom stereocenters. The number of carbonyl (C=O) groups is 12. The molecule has 0 bridgehead atoms. The Bertz CT molecular complexity index is 2540. The molecule has 0 aliphatic heterocycles.